The molecule has 0 N–H and O–H groups in total. The average Bonchev–Trinajstić information content (AvgIpc) is 2.18. The Morgan fingerprint density at radius 2 is 2.38 bits per heavy atom. The highest BCUT2D eigenvalue weighted by Gasteiger charge is 2.18. The van der Waals surface area contributed by atoms with Gasteiger partial charge < -0.3 is 4.74 Å². The number of aryl methyl sites for hydroxylation is 1. The molecule has 1 aliphatic heterocycles. The number of aromatic nitrogens is 1. The van der Waals surface area contributed by atoms with Crippen molar-refractivity contribution in [3.63, 3.8) is 0 Å². The first-order valence-electron chi connectivity index (χ1n) is 4.40. The van der Waals surface area contributed by atoms with Gasteiger partial charge in [0.1, 0.15) is 6.61 Å². The first-order valence-corrected chi connectivity index (χ1v) is 4.40. The van der Waals surface area contributed by atoms with Crippen LogP contribution in [-0.4, -0.2) is 17.4 Å². The van der Waals surface area contributed by atoms with Crippen LogP contribution in [0.4, 0.5) is 0 Å². The lowest BCUT2D eigenvalue weighted by molar-refractivity contribution is 0.0654. The van der Waals surface area contributed by atoms with Crippen molar-refractivity contribution in [1.82, 2.24) is 4.98 Å². The van der Waals surface area contributed by atoms with Crippen molar-refractivity contribution in [2.24, 2.45) is 0 Å². The maximum absolute atomic E-state index is 11.4. The maximum Gasteiger partial charge on any atom is 0.190 e. The highest BCUT2D eigenvalue weighted by molar-refractivity contribution is 5.98. The average molecular weight is 177 g/mol. The van der Waals surface area contributed by atoms with Crippen molar-refractivity contribution in [3.05, 3.63) is 29.1 Å². The predicted octanol–water partition coefficient (Wildman–Crippen LogP) is 1.36. The Bertz CT molecular complexity index is 347. The molecule has 0 fully saturated rings. The van der Waals surface area contributed by atoms with Crippen molar-refractivity contribution < 1.29 is 9.53 Å². The lowest BCUT2D eigenvalue weighted by Gasteiger charge is -2.14. The zero-order chi connectivity index (χ0) is 9.26. The number of rotatable bonds is 1. The largest absolute Gasteiger partial charge is 0.367 e. The summed E-state index contributed by atoms with van der Waals surface area (Å²) in [7, 11) is 0. The number of nitrogens with zero attached hydrogens (tertiary/aromatic N) is 1. The molecule has 2 rings (SSSR count). The quantitative estimate of drug-likeness (QED) is 0.650. The van der Waals surface area contributed by atoms with E-state index in [1.807, 2.05) is 13.0 Å². The summed E-state index contributed by atoms with van der Waals surface area (Å²) in [6.45, 7) is 2.71. The van der Waals surface area contributed by atoms with Gasteiger partial charge in [0.25, 0.3) is 0 Å². The lowest BCUT2D eigenvalue weighted by atomic mass is 10.0. The standard InChI is InChI=1S/C10H11NO2/c1-2-7-3-8-9(11-4-7)5-13-6-10(8)12/h3-4H,2,5-6H2,1H3. The number of ether oxygens (including phenoxy) is 1. The SMILES string of the molecule is CCc1cnc2c(c1)C(=O)COC2. The normalized spacial score (nSPS) is 15.6. The van der Waals surface area contributed by atoms with Crippen LogP contribution in [0.2, 0.25) is 0 Å². The van der Waals surface area contributed by atoms with Crippen LogP contribution >= 0.6 is 0 Å². The van der Waals surface area contributed by atoms with Gasteiger partial charge in [-0.1, -0.05) is 6.92 Å². The van der Waals surface area contributed by atoms with E-state index in [0.717, 1.165) is 23.2 Å². The molecule has 0 bridgehead atoms. The Hall–Kier alpha value is -1.22. The summed E-state index contributed by atoms with van der Waals surface area (Å²) in [6, 6.07) is 1.92. The van der Waals surface area contributed by atoms with E-state index >= 15 is 0 Å². The zero-order valence-electron chi connectivity index (χ0n) is 7.54. The van der Waals surface area contributed by atoms with Gasteiger partial charge in [0.2, 0.25) is 0 Å². The summed E-state index contributed by atoms with van der Waals surface area (Å²) in [6.07, 6.45) is 2.72. The summed E-state index contributed by atoms with van der Waals surface area (Å²) >= 11 is 0. The van der Waals surface area contributed by atoms with E-state index in [4.69, 9.17) is 4.74 Å². The molecule has 0 amide bonds. The molecule has 1 aromatic rings. The van der Waals surface area contributed by atoms with Gasteiger partial charge in [0, 0.05) is 11.8 Å². The van der Waals surface area contributed by atoms with E-state index in [9.17, 15) is 4.79 Å². The van der Waals surface area contributed by atoms with Crippen LogP contribution in [0.15, 0.2) is 12.3 Å². The van der Waals surface area contributed by atoms with E-state index in [1.165, 1.54) is 0 Å². The Morgan fingerprint density at radius 1 is 1.54 bits per heavy atom. The molecule has 0 saturated carbocycles. The zero-order valence-corrected chi connectivity index (χ0v) is 7.54. The lowest BCUT2D eigenvalue weighted by Crippen LogP contribution is -2.19. The molecule has 1 aliphatic rings. The van der Waals surface area contributed by atoms with Gasteiger partial charge in [-0.15, -0.1) is 0 Å². The molecule has 3 heteroatoms. The van der Waals surface area contributed by atoms with E-state index < -0.39 is 0 Å². The van der Waals surface area contributed by atoms with Crippen LogP contribution in [0.25, 0.3) is 0 Å². The molecule has 3 nitrogen and oxygen atoms in total. The van der Waals surface area contributed by atoms with Crippen molar-refractivity contribution in [1.29, 1.82) is 0 Å². The molecule has 0 aliphatic carbocycles. The van der Waals surface area contributed by atoms with Crippen LogP contribution in [0.1, 0.15) is 28.5 Å². The molecule has 0 unspecified atom stereocenters. The number of fused-ring (bicyclic) bond motifs is 1. The molecule has 68 valence electrons. The third-order valence-electron chi connectivity index (χ3n) is 2.21. The fraction of sp³-hybridized carbons (Fsp3) is 0.400. The number of carbonyl (C=O) groups is 1. The first kappa shape index (κ1) is 8.38. The predicted molar refractivity (Wildman–Crippen MR) is 47.6 cm³/mol. The van der Waals surface area contributed by atoms with Gasteiger partial charge >= 0.3 is 0 Å². The van der Waals surface area contributed by atoms with Gasteiger partial charge in [0.15, 0.2) is 5.78 Å². The number of Topliss-reactive ketones (excluding diaryl/α,β-unsaturated/α-hetero) is 1. The molecule has 0 atom stereocenters. The van der Waals surface area contributed by atoms with E-state index in [0.29, 0.717) is 6.61 Å². The minimum atomic E-state index is 0.0454. The van der Waals surface area contributed by atoms with Gasteiger partial charge in [-0.2, -0.15) is 0 Å². The topological polar surface area (TPSA) is 39.2 Å². The summed E-state index contributed by atoms with van der Waals surface area (Å²) in [5.74, 6) is 0.0454. The second-order valence-corrected chi connectivity index (χ2v) is 3.11. The van der Waals surface area contributed by atoms with Crippen molar-refractivity contribution in [2.75, 3.05) is 6.61 Å². The number of ketones is 1. The Balaban J connectivity index is 2.47. The minimum Gasteiger partial charge on any atom is -0.367 e. The summed E-state index contributed by atoms with van der Waals surface area (Å²) in [4.78, 5) is 15.6. The number of hydrogen-bond acceptors (Lipinski definition) is 3. The molecular formula is C10H11NO2. The molecular weight excluding hydrogens is 166 g/mol. The van der Waals surface area contributed by atoms with E-state index in [1.54, 1.807) is 6.20 Å². The molecule has 0 aromatic carbocycles. The molecule has 2 heterocycles. The number of carbonyl (C=O) groups excluding carboxylic acids is 1. The van der Waals surface area contributed by atoms with Crippen LogP contribution in [-0.2, 0) is 17.8 Å². The monoisotopic (exact) mass is 177 g/mol. The maximum atomic E-state index is 11.4. The third-order valence-corrected chi connectivity index (χ3v) is 2.21. The molecule has 1 aromatic heterocycles. The van der Waals surface area contributed by atoms with Gasteiger partial charge in [-0.05, 0) is 18.1 Å². The van der Waals surface area contributed by atoms with Crippen molar-refractivity contribution >= 4 is 5.78 Å². The van der Waals surface area contributed by atoms with Crippen molar-refractivity contribution in [2.45, 2.75) is 20.0 Å². The fourth-order valence-electron chi connectivity index (χ4n) is 1.40. The smallest absolute Gasteiger partial charge is 0.190 e. The van der Waals surface area contributed by atoms with Crippen LogP contribution in [0.5, 0.6) is 0 Å². The second kappa shape index (κ2) is 3.26. The Kier molecular flexibility index (Phi) is 2.10. The van der Waals surface area contributed by atoms with E-state index in [2.05, 4.69) is 4.98 Å². The molecule has 13 heavy (non-hydrogen) atoms. The van der Waals surface area contributed by atoms with Gasteiger partial charge in [-0.3, -0.25) is 9.78 Å². The fourth-order valence-corrected chi connectivity index (χ4v) is 1.40. The highest BCUT2D eigenvalue weighted by Crippen LogP contribution is 2.15. The highest BCUT2D eigenvalue weighted by atomic mass is 16.5. The summed E-state index contributed by atoms with van der Waals surface area (Å²) < 4.78 is 5.07. The first-order chi connectivity index (χ1) is 6.31. The summed E-state index contributed by atoms with van der Waals surface area (Å²) in [5.41, 5.74) is 2.62. The second-order valence-electron chi connectivity index (χ2n) is 3.11. The molecule has 0 radical (unpaired) electrons. The third kappa shape index (κ3) is 1.47. The molecule has 0 spiro atoms. The number of pyridine rings is 1. The van der Waals surface area contributed by atoms with Crippen LogP contribution in [0.3, 0.4) is 0 Å². The van der Waals surface area contributed by atoms with Gasteiger partial charge in [-0.25, -0.2) is 0 Å². The Morgan fingerprint density at radius 3 is 3.15 bits per heavy atom. The minimum absolute atomic E-state index is 0.0454. The number of hydrogen-bond donors (Lipinski definition) is 0. The van der Waals surface area contributed by atoms with Crippen LogP contribution < -0.4 is 0 Å². The molecule has 0 saturated heterocycles. The van der Waals surface area contributed by atoms with Crippen molar-refractivity contribution in [3.8, 4) is 0 Å². The summed E-state index contributed by atoms with van der Waals surface area (Å²) in [5, 5.41) is 0. The van der Waals surface area contributed by atoms with Gasteiger partial charge in [0.05, 0.1) is 12.3 Å². The van der Waals surface area contributed by atoms with E-state index in [-0.39, 0.29) is 12.4 Å². The van der Waals surface area contributed by atoms with Crippen LogP contribution in [0, 0.1) is 0 Å². The Labute approximate surface area is 76.7 Å².